The lowest BCUT2D eigenvalue weighted by atomic mass is 9.89. The summed E-state index contributed by atoms with van der Waals surface area (Å²) in [5.74, 6) is 0.762. The number of fused-ring (bicyclic) bond motifs is 1. The lowest BCUT2D eigenvalue weighted by molar-refractivity contribution is 0.475. The second kappa shape index (κ2) is 7.90. The van der Waals surface area contributed by atoms with Gasteiger partial charge in [-0.1, -0.05) is 86.6 Å². The van der Waals surface area contributed by atoms with E-state index in [1.807, 2.05) is 12.1 Å². The van der Waals surface area contributed by atoms with E-state index in [-0.39, 0.29) is 0 Å². The van der Waals surface area contributed by atoms with E-state index in [1.54, 1.807) is 12.1 Å². The van der Waals surface area contributed by atoms with Gasteiger partial charge in [0.05, 0.1) is 0 Å². The molecule has 0 saturated heterocycles. The molecule has 0 atom stereocenters. The maximum Gasteiger partial charge on any atom is 0.115 e. The Morgan fingerprint density at radius 3 is 2.29 bits per heavy atom. The molecule has 0 fully saturated rings. The summed E-state index contributed by atoms with van der Waals surface area (Å²) in [7, 11) is 0. The fraction of sp³-hybridized carbons (Fsp3) is 0.185. The summed E-state index contributed by atoms with van der Waals surface area (Å²) < 4.78 is 0. The molecule has 1 heteroatoms. The van der Waals surface area contributed by atoms with Gasteiger partial charge in [0, 0.05) is 0 Å². The normalized spacial score (nSPS) is 11.2. The molecule has 0 aliphatic carbocycles. The summed E-state index contributed by atoms with van der Waals surface area (Å²) in [6.45, 7) is 4.46. The van der Waals surface area contributed by atoms with Crippen molar-refractivity contribution in [2.75, 3.05) is 0 Å². The highest BCUT2D eigenvalue weighted by Gasteiger charge is 2.10. The van der Waals surface area contributed by atoms with Crippen molar-refractivity contribution in [3.63, 3.8) is 0 Å². The largest absolute Gasteiger partial charge is 0.508 e. The van der Waals surface area contributed by atoms with E-state index in [9.17, 15) is 5.11 Å². The summed E-state index contributed by atoms with van der Waals surface area (Å²) in [5, 5.41) is 12.3. The van der Waals surface area contributed by atoms with Crippen LogP contribution in [0.3, 0.4) is 0 Å². The van der Waals surface area contributed by atoms with Gasteiger partial charge < -0.3 is 5.11 Å². The van der Waals surface area contributed by atoms with Gasteiger partial charge in [-0.25, -0.2) is 0 Å². The molecule has 4 rings (SSSR count). The van der Waals surface area contributed by atoms with Crippen LogP contribution in [0.1, 0.15) is 36.5 Å². The molecular weight excluding hydrogens is 340 g/mol. The molecule has 0 aliphatic rings. The maximum absolute atomic E-state index is 9.63. The van der Waals surface area contributed by atoms with Crippen LogP contribution in [-0.2, 0) is 12.8 Å². The fourth-order valence-corrected chi connectivity index (χ4v) is 3.94. The van der Waals surface area contributed by atoms with Crippen LogP contribution >= 0.6 is 0 Å². The van der Waals surface area contributed by atoms with Crippen LogP contribution in [0, 0.1) is 0 Å². The Labute approximate surface area is 167 Å². The zero-order valence-corrected chi connectivity index (χ0v) is 16.5. The van der Waals surface area contributed by atoms with E-state index in [0.717, 1.165) is 18.4 Å². The Bertz CT molecular complexity index is 1090. The zero-order valence-electron chi connectivity index (χ0n) is 16.5. The Kier molecular flexibility index (Phi) is 5.16. The molecule has 28 heavy (non-hydrogen) atoms. The maximum atomic E-state index is 9.63. The third kappa shape index (κ3) is 3.80. The third-order valence-corrected chi connectivity index (χ3v) is 5.48. The first kappa shape index (κ1) is 18.3. The number of phenols is 1. The smallest absolute Gasteiger partial charge is 0.115 e. The zero-order chi connectivity index (χ0) is 19.5. The lowest BCUT2D eigenvalue weighted by Crippen LogP contribution is -1.97. The molecule has 0 saturated carbocycles. The molecule has 0 heterocycles. The molecule has 4 aromatic carbocycles. The van der Waals surface area contributed by atoms with Gasteiger partial charge in [0.1, 0.15) is 5.75 Å². The second-order valence-corrected chi connectivity index (χ2v) is 7.76. The molecule has 0 amide bonds. The van der Waals surface area contributed by atoms with Gasteiger partial charge in [0.15, 0.2) is 0 Å². The topological polar surface area (TPSA) is 20.2 Å². The number of hydrogen-bond donors (Lipinski definition) is 1. The summed E-state index contributed by atoms with van der Waals surface area (Å²) in [6, 6.07) is 29.6. The second-order valence-electron chi connectivity index (χ2n) is 7.76. The van der Waals surface area contributed by atoms with Gasteiger partial charge in [0.25, 0.3) is 0 Å². The van der Waals surface area contributed by atoms with Crippen molar-refractivity contribution in [3.8, 4) is 16.9 Å². The first-order chi connectivity index (χ1) is 13.6. The van der Waals surface area contributed by atoms with Crippen molar-refractivity contribution >= 4 is 10.8 Å². The van der Waals surface area contributed by atoms with Gasteiger partial charge in [-0.05, 0) is 69.5 Å². The average molecular weight is 367 g/mol. The minimum absolute atomic E-state index is 0.307. The number of aromatic hydroxyl groups is 1. The first-order valence-electron chi connectivity index (χ1n) is 10.0. The lowest BCUT2D eigenvalue weighted by Gasteiger charge is -2.15. The van der Waals surface area contributed by atoms with Crippen LogP contribution in [0.4, 0.5) is 0 Å². The molecule has 4 aromatic rings. The number of rotatable bonds is 5. The molecular formula is C27H26O. The molecule has 0 bridgehead atoms. The molecule has 140 valence electrons. The van der Waals surface area contributed by atoms with Crippen LogP contribution < -0.4 is 0 Å². The number of hydrogen-bond acceptors (Lipinski definition) is 1. The molecule has 1 nitrogen and oxygen atoms in total. The Hall–Kier alpha value is -3.06. The third-order valence-electron chi connectivity index (χ3n) is 5.48. The molecule has 1 N–H and O–H groups in total. The number of phenolic OH excluding ortho intramolecular Hbond substituents is 1. The fourth-order valence-electron chi connectivity index (χ4n) is 3.94. The van der Waals surface area contributed by atoms with Crippen LogP contribution in [0.25, 0.3) is 21.9 Å². The number of benzene rings is 4. The summed E-state index contributed by atoms with van der Waals surface area (Å²) >= 11 is 0. The van der Waals surface area contributed by atoms with Crippen molar-refractivity contribution in [3.05, 3.63) is 102 Å². The van der Waals surface area contributed by atoms with Crippen LogP contribution in [-0.4, -0.2) is 5.11 Å². The predicted molar refractivity (Wildman–Crippen MR) is 119 cm³/mol. The Morgan fingerprint density at radius 1 is 0.750 bits per heavy atom. The Balaban J connectivity index is 1.65. The summed E-state index contributed by atoms with van der Waals surface area (Å²) in [6.07, 6.45) is 2.04. The van der Waals surface area contributed by atoms with Crippen molar-refractivity contribution in [2.45, 2.75) is 32.6 Å². The monoisotopic (exact) mass is 366 g/mol. The molecule has 0 aliphatic heterocycles. The molecule has 0 radical (unpaired) electrons. The van der Waals surface area contributed by atoms with Crippen LogP contribution in [0.5, 0.6) is 5.75 Å². The molecule has 0 spiro atoms. The van der Waals surface area contributed by atoms with E-state index in [1.165, 1.54) is 33.0 Å². The van der Waals surface area contributed by atoms with E-state index in [0.29, 0.717) is 11.7 Å². The molecule has 0 aromatic heterocycles. The average Bonchev–Trinajstić information content (AvgIpc) is 2.72. The first-order valence-corrected chi connectivity index (χ1v) is 10.0. The van der Waals surface area contributed by atoms with Crippen molar-refractivity contribution in [1.82, 2.24) is 0 Å². The quantitative estimate of drug-likeness (QED) is 0.398. The minimum Gasteiger partial charge on any atom is -0.508 e. The summed E-state index contributed by atoms with van der Waals surface area (Å²) in [4.78, 5) is 0. The van der Waals surface area contributed by atoms with Crippen LogP contribution in [0.15, 0.2) is 84.9 Å². The van der Waals surface area contributed by atoms with E-state index in [2.05, 4.69) is 74.5 Å². The SMILES string of the molecule is CC(C)c1ccc(CCc2cccc3ccccc23)cc1-c1ccc(O)cc1. The van der Waals surface area contributed by atoms with Crippen molar-refractivity contribution in [2.24, 2.45) is 0 Å². The Morgan fingerprint density at radius 2 is 1.50 bits per heavy atom. The van der Waals surface area contributed by atoms with Gasteiger partial charge in [-0.2, -0.15) is 0 Å². The van der Waals surface area contributed by atoms with Gasteiger partial charge in [-0.3, -0.25) is 0 Å². The van der Waals surface area contributed by atoms with E-state index < -0.39 is 0 Å². The highest BCUT2D eigenvalue weighted by atomic mass is 16.3. The van der Waals surface area contributed by atoms with Gasteiger partial charge in [0.2, 0.25) is 0 Å². The van der Waals surface area contributed by atoms with Crippen LogP contribution in [0.2, 0.25) is 0 Å². The van der Waals surface area contributed by atoms with Crippen molar-refractivity contribution < 1.29 is 5.11 Å². The standard InChI is InChI=1S/C27H26O/c1-19(2)25-17-11-20(18-27(25)23-13-15-24(28)16-14-23)10-12-22-8-5-7-21-6-3-4-9-26(21)22/h3-9,11,13-19,28H,10,12H2,1-2H3. The molecule has 0 unspecified atom stereocenters. The van der Waals surface area contributed by atoms with Gasteiger partial charge in [-0.15, -0.1) is 0 Å². The highest BCUT2D eigenvalue weighted by Crippen LogP contribution is 2.32. The van der Waals surface area contributed by atoms with Crippen molar-refractivity contribution in [1.29, 1.82) is 0 Å². The highest BCUT2D eigenvalue weighted by molar-refractivity contribution is 5.85. The summed E-state index contributed by atoms with van der Waals surface area (Å²) in [5.41, 5.74) is 6.52. The number of aryl methyl sites for hydroxylation is 2. The van der Waals surface area contributed by atoms with E-state index >= 15 is 0 Å². The van der Waals surface area contributed by atoms with Gasteiger partial charge >= 0.3 is 0 Å². The minimum atomic E-state index is 0.307. The van der Waals surface area contributed by atoms with E-state index in [4.69, 9.17) is 0 Å². The predicted octanol–water partition coefficient (Wildman–Crippen LogP) is 7.12.